The van der Waals surface area contributed by atoms with Gasteiger partial charge in [0, 0.05) is 17.0 Å². The molecule has 5 heteroatoms. The lowest BCUT2D eigenvalue weighted by molar-refractivity contribution is 0.0938. The molecule has 0 spiro atoms. The number of nitrogens with one attached hydrogen (secondary N) is 1. The largest absolute Gasteiger partial charge is 0.343 e. The minimum Gasteiger partial charge on any atom is -0.343 e. The minimum absolute atomic E-state index is 0.101. The zero-order valence-corrected chi connectivity index (χ0v) is 13.6. The Morgan fingerprint density at radius 3 is 2.77 bits per heavy atom. The van der Waals surface area contributed by atoms with Gasteiger partial charge in [0.2, 0.25) is 0 Å². The Hall–Kier alpha value is -2.27. The van der Waals surface area contributed by atoms with E-state index in [9.17, 15) is 4.79 Å². The number of nitrogens with zero attached hydrogens (tertiary/aromatic N) is 2. The van der Waals surface area contributed by atoms with Crippen LogP contribution in [-0.4, -0.2) is 15.9 Å². The Balaban J connectivity index is 1.97. The smallest absolute Gasteiger partial charge is 0.253 e. The summed E-state index contributed by atoms with van der Waals surface area (Å²) in [5, 5.41) is 6.84. The highest BCUT2D eigenvalue weighted by molar-refractivity contribution is 7.09. The molecule has 0 saturated carbocycles. The van der Waals surface area contributed by atoms with Gasteiger partial charge in [-0.2, -0.15) is 0 Å². The summed E-state index contributed by atoms with van der Waals surface area (Å²) in [6.07, 6.45) is 1.75. The zero-order valence-electron chi connectivity index (χ0n) is 12.8. The monoisotopic (exact) mass is 311 g/mol. The summed E-state index contributed by atoms with van der Waals surface area (Å²) < 4.78 is 0. The van der Waals surface area contributed by atoms with Crippen LogP contribution in [0.1, 0.15) is 39.6 Å². The van der Waals surface area contributed by atoms with Crippen LogP contribution < -0.4 is 5.32 Å². The zero-order chi connectivity index (χ0) is 15.7. The first-order valence-electron chi connectivity index (χ1n) is 7.14. The second-order valence-electron chi connectivity index (χ2n) is 5.28. The Labute approximate surface area is 133 Å². The topological polar surface area (TPSA) is 54.9 Å². The molecule has 1 amide bonds. The molecular formula is C17H17N3OS. The molecule has 1 N–H and O–H groups in total. The number of fused-ring (bicyclic) bond motifs is 1. The van der Waals surface area contributed by atoms with E-state index in [2.05, 4.69) is 15.3 Å². The summed E-state index contributed by atoms with van der Waals surface area (Å²) in [5.74, 6) is -0.101. The molecule has 0 radical (unpaired) electrons. The first kappa shape index (κ1) is 14.7. The van der Waals surface area contributed by atoms with Crippen LogP contribution in [0.25, 0.3) is 10.9 Å². The number of para-hydroxylation sites is 1. The van der Waals surface area contributed by atoms with Crippen molar-refractivity contribution in [1.82, 2.24) is 15.3 Å². The molecule has 22 heavy (non-hydrogen) atoms. The van der Waals surface area contributed by atoms with Crippen LogP contribution in [0.3, 0.4) is 0 Å². The van der Waals surface area contributed by atoms with Crippen LogP contribution in [0, 0.1) is 13.8 Å². The van der Waals surface area contributed by atoms with E-state index in [0.29, 0.717) is 5.56 Å². The average molecular weight is 311 g/mol. The molecule has 4 nitrogen and oxygen atoms in total. The summed E-state index contributed by atoms with van der Waals surface area (Å²) in [6, 6.07) is 7.77. The van der Waals surface area contributed by atoms with E-state index < -0.39 is 0 Å². The van der Waals surface area contributed by atoms with Crippen molar-refractivity contribution in [2.45, 2.75) is 26.8 Å². The summed E-state index contributed by atoms with van der Waals surface area (Å²) in [5.41, 5.74) is 3.29. The molecule has 3 aromatic rings. The molecular weight excluding hydrogens is 294 g/mol. The number of carbonyl (C=O) groups is 1. The second kappa shape index (κ2) is 5.85. The van der Waals surface area contributed by atoms with E-state index in [-0.39, 0.29) is 11.9 Å². The van der Waals surface area contributed by atoms with E-state index in [1.54, 1.807) is 6.20 Å². The number of carbonyl (C=O) groups excluding carboxylic acids is 1. The lowest BCUT2D eigenvalue weighted by atomic mass is 10.0. The van der Waals surface area contributed by atoms with Crippen LogP contribution in [0.15, 0.2) is 35.8 Å². The maximum absolute atomic E-state index is 12.7. The van der Waals surface area contributed by atoms with Crippen LogP contribution in [-0.2, 0) is 0 Å². The van der Waals surface area contributed by atoms with Crippen molar-refractivity contribution in [3.05, 3.63) is 57.7 Å². The van der Waals surface area contributed by atoms with Gasteiger partial charge in [-0.05, 0) is 32.4 Å². The average Bonchev–Trinajstić information content (AvgIpc) is 3.01. The van der Waals surface area contributed by atoms with Crippen molar-refractivity contribution in [3.8, 4) is 0 Å². The molecule has 3 rings (SSSR count). The van der Waals surface area contributed by atoms with E-state index in [1.807, 2.05) is 50.4 Å². The van der Waals surface area contributed by atoms with Crippen LogP contribution in [0.5, 0.6) is 0 Å². The lowest BCUT2D eigenvalue weighted by Gasteiger charge is -2.15. The summed E-state index contributed by atoms with van der Waals surface area (Å²) in [7, 11) is 0. The van der Waals surface area contributed by atoms with Gasteiger partial charge in [-0.3, -0.25) is 9.78 Å². The van der Waals surface area contributed by atoms with Gasteiger partial charge in [0.1, 0.15) is 5.01 Å². The third kappa shape index (κ3) is 2.60. The van der Waals surface area contributed by atoms with Crippen molar-refractivity contribution in [2.75, 3.05) is 0 Å². The maximum Gasteiger partial charge on any atom is 0.253 e. The van der Waals surface area contributed by atoms with Crippen molar-refractivity contribution in [1.29, 1.82) is 0 Å². The molecule has 1 atom stereocenters. The number of aromatic nitrogens is 2. The number of hydrogen-bond donors (Lipinski definition) is 1. The molecule has 0 aliphatic carbocycles. The van der Waals surface area contributed by atoms with Gasteiger partial charge in [0.05, 0.1) is 22.8 Å². The fraction of sp³-hybridized carbons (Fsp3) is 0.235. The first-order valence-corrected chi connectivity index (χ1v) is 8.02. The van der Waals surface area contributed by atoms with E-state index in [1.165, 1.54) is 11.3 Å². The molecule has 0 aliphatic heterocycles. The maximum atomic E-state index is 12.7. The van der Waals surface area contributed by atoms with Crippen molar-refractivity contribution in [3.63, 3.8) is 0 Å². The van der Waals surface area contributed by atoms with Crippen LogP contribution in [0.2, 0.25) is 0 Å². The highest BCUT2D eigenvalue weighted by atomic mass is 32.1. The van der Waals surface area contributed by atoms with Gasteiger partial charge < -0.3 is 5.32 Å². The SMILES string of the molecule is Cc1nc2ccccc2c(C)c1C(=O)NC(C)c1nccs1. The fourth-order valence-corrected chi connectivity index (χ4v) is 3.29. The van der Waals surface area contributed by atoms with Crippen LogP contribution in [0.4, 0.5) is 0 Å². The Morgan fingerprint density at radius 2 is 2.05 bits per heavy atom. The van der Waals surface area contributed by atoms with Gasteiger partial charge >= 0.3 is 0 Å². The first-order chi connectivity index (χ1) is 10.6. The molecule has 0 saturated heterocycles. The third-order valence-electron chi connectivity index (χ3n) is 3.73. The second-order valence-corrected chi connectivity index (χ2v) is 6.21. The Bertz CT molecular complexity index is 827. The number of rotatable bonds is 3. The summed E-state index contributed by atoms with van der Waals surface area (Å²) in [6.45, 7) is 5.79. The van der Waals surface area contributed by atoms with E-state index in [0.717, 1.165) is 27.2 Å². The molecule has 0 fully saturated rings. The summed E-state index contributed by atoms with van der Waals surface area (Å²) >= 11 is 1.54. The number of aryl methyl sites for hydroxylation is 2. The predicted molar refractivity (Wildman–Crippen MR) is 89.2 cm³/mol. The van der Waals surface area contributed by atoms with Gasteiger partial charge in [-0.1, -0.05) is 18.2 Å². The fourth-order valence-electron chi connectivity index (χ4n) is 2.64. The van der Waals surface area contributed by atoms with E-state index in [4.69, 9.17) is 0 Å². The number of benzene rings is 1. The Morgan fingerprint density at radius 1 is 1.27 bits per heavy atom. The number of amides is 1. The molecule has 1 aromatic carbocycles. The molecule has 0 bridgehead atoms. The van der Waals surface area contributed by atoms with Crippen molar-refractivity contribution in [2.24, 2.45) is 0 Å². The molecule has 112 valence electrons. The number of pyridine rings is 1. The normalized spacial score (nSPS) is 12.3. The standard InChI is InChI=1S/C17H17N3OS/c1-10-13-6-4-5-7-14(13)19-11(2)15(10)16(21)20-12(3)17-18-8-9-22-17/h4-9,12H,1-3H3,(H,20,21). The molecule has 0 aliphatic rings. The molecule has 1 unspecified atom stereocenters. The quantitative estimate of drug-likeness (QED) is 0.800. The highest BCUT2D eigenvalue weighted by Crippen LogP contribution is 2.23. The van der Waals surface area contributed by atoms with Gasteiger partial charge in [-0.15, -0.1) is 11.3 Å². The van der Waals surface area contributed by atoms with Crippen LogP contribution >= 0.6 is 11.3 Å². The minimum atomic E-state index is -0.113. The third-order valence-corrected chi connectivity index (χ3v) is 4.69. The molecule has 2 heterocycles. The number of hydrogen-bond acceptors (Lipinski definition) is 4. The van der Waals surface area contributed by atoms with Crippen molar-refractivity contribution < 1.29 is 4.79 Å². The van der Waals surface area contributed by atoms with E-state index >= 15 is 0 Å². The molecule has 2 aromatic heterocycles. The van der Waals surface area contributed by atoms with Crippen molar-refractivity contribution >= 4 is 28.1 Å². The predicted octanol–water partition coefficient (Wildman–Crippen LogP) is 3.80. The van der Waals surface area contributed by atoms with Gasteiger partial charge in [0.25, 0.3) is 5.91 Å². The number of thiazole rings is 1. The highest BCUT2D eigenvalue weighted by Gasteiger charge is 2.19. The van der Waals surface area contributed by atoms with Gasteiger partial charge in [-0.25, -0.2) is 4.98 Å². The lowest BCUT2D eigenvalue weighted by Crippen LogP contribution is -2.28. The van der Waals surface area contributed by atoms with Gasteiger partial charge in [0.15, 0.2) is 0 Å². The Kier molecular flexibility index (Phi) is 3.90. The summed E-state index contributed by atoms with van der Waals surface area (Å²) in [4.78, 5) is 21.5.